The average Bonchev–Trinajstić information content (AvgIpc) is 2.87. The zero-order valence-electron chi connectivity index (χ0n) is 13.2. The quantitative estimate of drug-likeness (QED) is 0.922. The fourth-order valence-corrected chi connectivity index (χ4v) is 2.85. The van der Waals surface area contributed by atoms with Crippen LogP contribution in [0.2, 0.25) is 0 Å². The molecule has 0 bridgehead atoms. The minimum atomic E-state index is -0.0206. The first-order valence-electron chi connectivity index (χ1n) is 7.17. The number of anilines is 1. The summed E-state index contributed by atoms with van der Waals surface area (Å²) in [6, 6.07) is 3.84. The predicted octanol–water partition coefficient (Wildman–Crippen LogP) is 3.10. The number of aromatic nitrogens is 3. The third-order valence-electron chi connectivity index (χ3n) is 3.25. The molecule has 2 rings (SSSR count). The van der Waals surface area contributed by atoms with Crippen LogP contribution in [0.25, 0.3) is 10.6 Å². The lowest BCUT2D eigenvalue weighted by atomic mass is 10.1. The molecule has 6 heteroatoms. The maximum atomic E-state index is 12.5. The standard InChI is InChI=1S/C15H22N4OS/c1-9(2)8-16-15-18-17-13(21-15)11-6-7-12(10(3)4)19(5)14(11)20/h6-7,9-10H,8H2,1-5H3,(H,16,18). The van der Waals surface area contributed by atoms with Crippen LogP contribution in [0.3, 0.4) is 0 Å². The SMILES string of the molecule is CC(C)CNc1nnc(-c2ccc(C(C)C)n(C)c2=O)s1. The normalized spacial score (nSPS) is 11.4. The molecule has 0 fully saturated rings. The minimum Gasteiger partial charge on any atom is -0.360 e. The number of hydrogen-bond acceptors (Lipinski definition) is 5. The second kappa shape index (κ2) is 6.39. The highest BCUT2D eigenvalue weighted by Gasteiger charge is 2.14. The molecule has 0 aliphatic carbocycles. The Morgan fingerprint density at radius 1 is 1.24 bits per heavy atom. The molecule has 0 radical (unpaired) electrons. The number of nitrogens with zero attached hydrogens (tertiary/aromatic N) is 3. The summed E-state index contributed by atoms with van der Waals surface area (Å²) in [5.41, 5.74) is 1.61. The van der Waals surface area contributed by atoms with E-state index >= 15 is 0 Å². The molecule has 0 saturated carbocycles. The van der Waals surface area contributed by atoms with E-state index in [1.165, 1.54) is 11.3 Å². The van der Waals surface area contributed by atoms with Crippen molar-refractivity contribution in [3.63, 3.8) is 0 Å². The minimum absolute atomic E-state index is 0.0206. The van der Waals surface area contributed by atoms with Gasteiger partial charge in [-0.1, -0.05) is 39.0 Å². The molecule has 21 heavy (non-hydrogen) atoms. The van der Waals surface area contributed by atoms with E-state index in [0.717, 1.165) is 17.4 Å². The molecular formula is C15H22N4OS. The van der Waals surface area contributed by atoms with Crippen molar-refractivity contribution in [2.24, 2.45) is 13.0 Å². The Bertz CT molecular complexity index is 673. The van der Waals surface area contributed by atoms with E-state index in [9.17, 15) is 4.79 Å². The van der Waals surface area contributed by atoms with Gasteiger partial charge in [-0.2, -0.15) is 0 Å². The number of hydrogen-bond donors (Lipinski definition) is 1. The highest BCUT2D eigenvalue weighted by atomic mass is 32.1. The maximum absolute atomic E-state index is 12.5. The van der Waals surface area contributed by atoms with Crippen molar-refractivity contribution in [3.05, 3.63) is 28.2 Å². The first-order valence-corrected chi connectivity index (χ1v) is 7.99. The van der Waals surface area contributed by atoms with Crippen LogP contribution >= 0.6 is 11.3 Å². The van der Waals surface area contributed by atoms with Crippen molar-refractivity contribution in [2.45, 2.75) is 33.6 Å². The van der Waals surface area contributed by atoms with E-state index in [1.807, 2.05) is 12.1 Å². The van der Waals surface area contributed by atoms with Gasteiger partial charge in [0, 0.05) is 19.3 Å². The Kier molecular flexibility index (Phi) is 4.77. The fourth-order valence-electron chi connectivity index (χ4n) is 2.09. The molecule has 0 aliphatic heterocycles. The van der Waals surface area contributed by atoms with Gasteiger partial charge in [-0.05, 0) is 24.0 Å². The van der Waals surface area contributed by atoms with E-state index < -0.39 is 0 Å². The molecule has 0 saturated heterocycles. The number of nitrogens with one attached hydrogen (secondary N) is 1. The fraction of sp³-hybridized carbons (Fsp3) is 0.533. The summed E-state index contributed by atoms with van der Waals surface area (Å²) in [7, 11) is 1.81. The lowest BCUT2D eigenvalue weighted by Crippen LogP contribution is -2.22. The smallest absolute Gasteiger partial charge is 0.260 e. The number of pyridine rings is 1. The van der Waals surface area contributed by atoms with Crippen LogP contribution in [-0.4, -0.2) is 21.3 Å². The zero-order valence-corrected chi connectivity index (χ0v) is 14.0. The van der Waals surface area contributed by atoms with Gasteiger partial charge in [-0.3, -0.25) is 4.79 Å². The third-order valence-corrected chi connectivity index (χ3v) is 4.17. The van der Waals surface area contributed by atoms with Crippen LogP contribution in [0.4, 0.5) is 5.13 Å². The van der Waals surface area contributed by atoms with Crippen molar-refractivity contribution in [1.29, 1.82) is 0 Å². The first-order chi connectivity index (χ1) is 9.90. The van der Waals surface area contributed by atoms with Gasteiger partial charge in [0.2, 0.25) is 5.13 Å². The van der Waals surface area contributed by atoms with E-state index in [4.69, 9.17) is 0 Å². The Labute approximate surface area is 129 Å². The molecule has 2 heterocycles. The van der Waals surface area contributed by atoms with E-state index in [1.54, 1.807) is 11.6 Å². The summed E-state index contributed by atoms with van der Waals surface area (Å²) in [5, 5.41) is 12.9. The van der Waals surface area contributed by atoms with E-state index in [0.29, 0.717) is 22.4 Å². The van der Waals surface area contributed by atoms with Gasteiger partial charge < -0.3 is 9.88 Å². The van der Waals surface area contributed by atoms with Gasteiger partial charge in [0.1, 0.15) is 0 Å². The summed E-state index contributed by atoms with van der Waals surface area (Å²) in [6.45, 7) is 9.27. The van der Waals surface area contributed by atoms with Crippen molar-refractivity contribution >= 4 is 16.5 Å². The van der Waals surface area contributed by atoms with Crippen LogP contribution in [0, 0.1) is 5.92 Å². The highest BCUT2D eigenvalue weighted by Crippen LogP contribution is 2.25. The predicted molar refractivity (Wildman–Crippen MR) is 88.0 cm³/mol. The number of rotatable bonds is 5. The lowest BCUT2D eigenvalue weighted by Gasteiger charge is -2.11. The Morgan fingerprint density at radius 2 is 1.95 bits per heavy atom. The average molecular weight is 306 g/mol. The molecule has 2 aromatic rings. The van der Waals surface area contributed by atoms with Crippen molar-refractivity contribution in [1.82, 2.24) is 14.8 Å². The van der Waals surface area contributed by atoms with Gasteiger partial charge in [-0.25, -0.2) is 0 Å². The summed E-state index contributed by atoms with van der Waals surface area (Å²) in [5.74, 6) is 0.852. The van der Waals surface area contributed by atoms with Crippen LogP contribution in [0.1, 0.15) is 39.3 Å². The monoisotopic (exact) mass is 306 g/mol. The molecular weight excluding hydrogens is 284 g/mol. The molecule has 0 spiro atoms. The van der Waals surface area contributed by atoms with Gasteiger partial charge in [0.05, 0.1) is 5.56 Å². The van der Waals surface area contributed by atoms with E-state index in [2.05, 4.69) is 43.2 Å². The maximum Gasteiger partial charge on any atom is 0.260 e. The Hall–Kier alpha value is -1.69. The summed E-state index contributed by atoms with van der Waals surface area (Å²) in [6.07, 6.45) is 0. The Morgan fingerprint density at radius 3 is 2.57 bits per heavy atom. The van der Waals surface area contributed by atoms with Crippen molar-refractivity contribution in [2.75, 3.05) is 11.9 Å². The molecule has 0 aromatic carbocycles. The summed E-state index contributed by atoms with van der Waals surface area (Å²) >= 11 is 1.42. The van der Waals surface area contributed by atoms with Gasteiger partial charge in [0.25, 0.3) is 5.56 Å². The van der Waals surface area contributed by atoms with Gasteiger partial charge in [-0.15, -0.1) is 10.2 Å². The van der Waals surface area contributed by atoms with E-state index in [-0.39, 0.29) is 5.56 Å². The van der Waals surface area contributed by atoms with Crippen LogP contribution in [0.5, 0.6) is 0 Å². The van der Waals surface area contributed by atoms with Crippen LogP contribution < -0.4 is 10.9 Å². The summed E-state index contributed by atoms with van der Waals surface area (Å²) in [4.78, 5) is 12.5. The zero-order chi connectivity index (χ0) is 15.6. The summed E-state index contributed by atoms with van der Waals surface area (Å²) < 4.78 is 1.70. The lowest BCUT2D eigenvalue weighted by molar-refractivity contribution is 0.687. The molecule has 5 nitrogen and oxygen atoms in total. The van der Waals surface area contributed by atoms with Crippen molar-refractivity contribution in [3.8, 4) is 10.6 Å². The van der Waals surface area contributed by atoms with Crippen molar-refractivity contribution < 1.29 is 0 Å². The molecule has 0 amide bonds. The molecule has 0 atom stereocenters. The topological polar surface area (TPSA) is 59.8 Å². The molecule has 114 valence electrons. The van der Waals surface area contributed by atoms with Gasteiger partial charge >= 0.3 is 0 Å². The highest BCUT2D eigenvalue weighted by molar-refractivity contribution is 7.18. The second-order valence-electron chi connectivity index (χ2n) is 5.88. The second-order valence-corrected chi connectivity index (χ2v) is 6.86. The van der Waals surface area contributed by atoms with Crippen LogP contribution in [-0.2, 0) is 7.05 Å². The molecule has 1 N–H and O–H groups in total. The largest absolute Gasteiger partial charge is 0.360 e. The van der Waals surface area contributed by atoms with Gasteiger partial charge in [0.15, 0.2) is 5.01 Å². The first kappa shape index (κ1) is 15.7. The third kappa shape index (κ3) is 3.50. The molecule has 0 unspecified atom stereocenters. The van der Waals surface area contributed by atoms with Crippen LogP contribution in [0.15, 0.2) is 16.9 Å². The molecule has 2 aromatic heterocycles. The Balaban J connectivity index is 2.31. The molecule has 0 aliphatic rings.